The number of nitro groups is 1. The highest BCUT2D eigenvalue weighted by Crippen LogP contribution is 2.36. The number of non-ortho nitro benzene ring substituents is 1. The molecule has 7 heteroatoms. The van der Waals surface area contributed by atoms with Gasteiger partial charge in [0, 0.05) is 41.6 Å². The van der Waals surface area contributed by atoms with Crippen molar-refractivity contribution in [3.05, 3.63) is 69.0 Å². The number of carbonyl (C=O) groups excluding carboxylic acids is 1. The standard InChI is InChI=1S/C34H48N2O5/c1-7-10-14-31-32(27-24-26(36(38)39)16-18-29(27)41-31)33(37)25-15-17-30(28(23-25)34(4,5)6)40-22-13-21-35(19-11-8-2)20-12-9-3/h15-18,23-24H,7-14,19-22H2,1-6H3. The molecule has 0 bridgehead atoms. The van der Waals surface area contributed by atoms with Crippen LogP contribution in [0.3, 0.4) is 0 Å². The topological polar surface area (TPSA) is 85.8 Å². The predicted molar refractivity (Wildman–Crippen MR) is 166 cm³/mol. The first-order chi connectivity index (χ1) is 19.6. The molecule has 0 spiro atoms. The van der Waals surface area contributed by atoms with Crippen LogP contribution in [0.1, 0.15) is 114 Å². The number of hydrogen-bond donors (Lipinski definition) is 0. The van der Waals surface area contributed by atoms with Gasteiger partial charge in [-0.1, -0.05) is 60.8 Å². The molecule has 3 rings (SSSR count). The first-order valence-corrected chi connectivity index (χ1v) is 15.3. The lowest BCUT2D eigenvalue weighted by molar-refractivity contribution is -0.384. The van der Waals surface area contributed by atoms with Crippen LogP contribution in [-0.4, -0.2) is 41.8 Å². The van der Waals surface area contributed by atoms with E-state index in [9.17, 15) is 14.9 Å². The number of furan rings is 1. The number of rotatable bonds is 17. The third-order valence-electron chi connectivity index (χ3n) is 7.52. The van der Waals surface area contributed by atoms with Crippen LogP contribution < -0.4 is 4.74 Å². The lowest BCUT2D eigenvalue weighted by atomic mass is 9.84. The zero-order valence-corrected chi connectivity index (χ0v) is 25.9. The van der Waals surface area contributed by atoms with Gasteiger partial charge < -0.3 is 14.1 Å². The van der Waals surface area contributed by atoms with Gasteiger partial charge in [0.25, 0.3) is 5.69 Å². The van der Waals surface area contributed by atoms with Crippen LogP contribution in [0, 0.1) is 10.1 Å². The van der Waals surface area contributed by atoms with Gasteiger partial charge in [-0.15, -0.1) is 0 Å². The summed E-state index contributed by atoms with van der Waals surface area (Å²) in [6.45, 7) is 16.8. The highest BCUT2D eigenvalue weighted by Gasteiger charge is 2.26. The number of aryl methyl sites for hydroxylation is 1. The van der Waals surface area contributed by atoms with E-state index in [0.29, 0.717) is 40.9 Å². The molecule has 0 amide bonds. The van der Waals surface area contributed by atoms with E-state index in [1.54, 1.807) is 6.07 Å². The molecule has 0 unspecified atom stereocenters. The van der Waals surface area contributed by atoms with Crippen molar-refractivity contribution in [3.63, 3.8) is 0 Å². The summed E-state index contributed by atoms with van der Waals surface area (Å²) in [7, 11) is 0. The molecule has 41 heavy (non-hydrogen) atoms. The summed E-state index contributed by atoms with van der Waals surface area (Å²) in [5.74, 6) is 1.19. The minimum Gasteiger partial charge on any atom is -0.493 e. The molecular formula is C34H48N2O5. The summed E-state index contributed by atoms with van der Waals surface area (Å²) in [4.78, 5) is 27.6. The number of ether oxygens (including phenoxy) is 1. The minimum absolute atomic E-state index is 0.0588. The van der Waals surface area contributed by atoms with Crippen LogP contribution in [-0.2, 0) is 11.8 Å². The summed E-state index contributed by atoms with van der Waals surface area (Å²) in [6, 6.07) is 10.1. The minimum atomic E-state index is -0.441. The number of hydrogen-bond acceptors (Lipinski definition) is 6. The number of ketones is 1. The molecule has 7 nitrogen and oxygen atoms in total. The van der Waals surface area contributed by atoms with Gasteiger partial charge in [-0.05, 0) is 68.5 Å². The Hall–Kier alpha value is -3.19. The molecule has 0 aliphatic carbocycles. The van der Waals surface area contributed by atoms with Crippen LogP contribution in [0.2, 0.25) is 0 Å². The molecule has 0 saturated carbocycles. The molecule has 0 atom stereocenters. The van der Waals surface area contributed by atoms with Gasteiger partial charge >= 0.3 is 0 Å². The van der Waals surface area contributed by atoms with Crippen LogP contribution in [0.25, 0.3) is 11.0 Å². The fraction of sp³-hybridized carbons (Fsp3) is 0.559. The van der Waals surface area contributed by atoms with Gasteiger partial charge in [-0.3, -0.25) is 14.9 Å². The molecule has 2 aromatic carbocycles. The number of nitrogens with zero attached hydrogens (tertiary/aromatic N) is 2. The predicted octanol–water partition coefficient (Wildman–Crippen LogP) is 8.88. The Morgan fingerprint density at radius 1 is 0.927 bits per heavy atom. The van der Waals surface area contributed by atoms with Crippen LogP contribution >= 0.6 is 0 Å². The summed E-state index contributed by atoms with van der Waals surface area (Å²) in [5.41, 5.74) is 2.10. The lowest BCUT2D eigenvalue weighted by Crippen LogP contribution is -2.28. The van der Waals surface area contributed by atoms with E-state index in [1.807, 2.05) is 18.2 Å². The number of nitro benzene ring substituents is 1. The van der Waals surface area contributed by atoms with Gasteiger partial charge in [0.2, 0.25) is 0 Å². The van der Waals surface area contributed by atoms with Gasteiger partial charge in [0.1, 0.15) is 17.1 Å². The van der Waals surface area contributed by atoms with E-state index >= 15 is 0 Å². The summed E-state index contributed by atoms with van der Waals surface area (Å²) >= 11 is 0. The average molecular weight is 565 g/mol. The van der Waals surface area contributed by atoms with Crippen molar-refractivity contribution in [3.8, 4) is 5.75 Å². The first kappa shape index (κ1) is 32.3. The molecule has 1 aromatic heterocycles. The SMILES string of the molecule is CCCCc1oc2ccc([N+](=O)[O-])cc2c1C(=O)c1ccc(OCCCN(CCCC)CCCC)c(C(C)(C)C)c1. The number of benzene rings is 2. The lowest BCUT2D eigenvalue weighted by Gasteiger charge is -2.25. The quantitative estimate of drug-likeness (QED) is 0.0704. The first-order valence-electron chi connectivity index (χ1n) is 15.3. The van der Waals surface area contributed by atoms with E-state index in [0.717, 1.165) is 50.2 Å². The number of unbranched alkanes of at least 4 members (excludes halogenated alkanes) is 3. The van der Waals surface area contributed by atoms with E-state index in [1.165, 1.54) is 37.8 Å². The molecule has 3 aromatic rings. The summed E-state index contributed by atoms with van der Waals surface area (Å²) in [6.07, 6.45) is 8.17. The van der Waals surface area contributed by atoms with Crippen molar-refractivity contribution < 1.29 is 18.9 Å². The van der Waals surface area contributed by atoms with Crippen molar-refractivity contribution in [1.82, 2.24) is 4.90 Å². The second kappa shape index (κ2) is 15.2. The molecule has 0 aliphatic rings. The van der Waals surface area contributed by atoms with Crippen molar-refractivity contribution in [2.45, 2.75) is 98.3 Å². The average Bonchev–Trinajstić information content (AvgIpc) is 3.31. The Morgan fingerprint density at radius 3 is 2.20 bits per heavy atom. The smallest absolute Gasteiger partial charge is 0.270 e. The zero-order chi connectivity index (χ0) is 30.0. The maximum Gasteiger partial charge on any atom is 0.270 e. The molecule has 0 saturated heterocycles. The third-order valence-corrected chi connectivity index (χ3v) is 7.52. The van der Waals surface area contributed by atoms with Crippen molar-refractivity contribution in [1.29, 1.82) is 0 Å². The van der Waals surface area contributed by atoms with Crippen molar-refractivity contribution >= 4 is 22.4 Å². The Morgan fingerprint density at radius 2 is 1.59 bits per heavy atom. The van der Waals surface area contributed by atoms with Gasteiger partial charge in [-0.2, -0.15) is 0 Å². The highest BCUT2D eigenvalue weighted by atomic mass is 16.6. The Kier molecular flexibility index (Phi) is 11.9. The molecule has 1 heterocycles. The van der Waals surface area contributed by atoms with Gasteiger partial charge in [0.15, 0.2) is 5.78 Å². The number of fused-ring (bicyclic) bond motifs is 1. The highest BCUT2D eigenvalue weighted by molar-refractivity contribution is 6.17. The molecule has 224 valence electrons. The monoisotopic (exact) mass is 564 g/mol. The van der Waals surface area contributed by atoms with E-state index < -0.39 is 4.92 Å². The maximum atomic E-state index is 14.0. The van der Waals surface area contributed by atoms with Crippen LogP contribution in [0.4, 0.5) is 5.69 Å². The fourth-order valence-electron chi connectivity index (χ4n) is 5.11. The largest absolute Gasteiger partial charge is 0.493 e. The Balaban J connectivity index is 1.87. The number of carbonyl (C=O) groups is 1. The molecule has 0 radical (unpaired) electrons. The van der Waals surface area contributed by atoms with Gasteiger partial charge in [-0.25, -0.2) is 0 Å². The van der Waals surface area contributed by atoms with Crippen molar-refractivity contribution in [2.75, 3.05) is 26.2 Å². The van der Waals surface area contributed by atoms with E-state index in [-0.39, 0.29) is 16.9 Å². The Labute approximate surface area is 245 Å². The van der Waals surface area contributed by atoms with Crippen LogP contribution in [0.5, 0.6) is 5.75 Å². The van der Waals surface area contributed by atoms with Crippen molar-refractivity contribution in [2.24, 2.45) is 0 Å². The fourth-order valence-corrected chi connectivity index (χ4v) is 5.11. The summed E-state index contributed by atoms with van der Waals surface area (Å²) in [5, 5.41) is 12.0. The molecular weight excluding hydrogens is 516 g/mol. The van der Waals surface area contributed by atoms with Gasteiger partial charge in [0.05, 0.1) is 17.1 Å². The Bertz CT molecular complexity index is 1300. The van der Waals surface area contributed by atoms with E-state index in [4.69, 9.17) is 9.15 Å². The van der Waals surface area contributed by atoms with Crippen LogP contribution in [0.15, 0.2) is 40.8 Å². The van der Waals surface area contributed by atoms with E-state index in [2.05, 4.69) is 46.4 Å². The molecule has 0 N–H and O–H groups in total. The summed E-state index contributed by atoms with van der Waals surface area (Å²) < 4.78 is 12.4. The normalized spacial score (nSPS) is 11.9. The molecule has 0 fully saturated rings. The second-order valence-electron chi connectivity index (χ2n) is 12.0. The zero-order valence-electron chi connectivity index (χ0n) is 25.9. The third kappa shape index (κ3) is 8.65. The maximum absolute atomic E-state index is 14.0. The molecule has 0 aliphatic heterocycles. The second-order valence-corrected chi connectivity index (χ2v) is 12.0.